The van der Waals surface area contributed by atoms with Crippen LogP contribution in [0.1, 0.15) is 39.0 Å². The largest absolute Gasteiger partial charge is 0.441 e. The molecule has 0 amide bonds. The van der Waals surface area contributed by atoms with Gasteiger partial charge in [0.15, 0.2) is 0 Å². The van der Waals surface area contributed by atoms with Crippen molar-refractivity contribution in [1.29, 1.82) is 0 Å². The van der Waals surface area contributed by atoms with Crippen LogP contribution < -0.4 is 5.32 Å². The van der Waals surface area contributed by atoms with Crippen molar-refractivity contribution in [2.24, 2.45) is 5.41 Å². The first kappa shape index (κ1) is 15.4. The summed E-state index contributed by atoms with van der Waals surface area (Å²) in [6.45, 7) is 3.15. The Balaban J connectivity index is 1.75. The van der Waals surface area contributed by atoms with Crippen molar-refractivity contribution in [1.82, 2.24) is 5.32 Å². The van der Waals surface area contributed by atoms with Crippen molar-refractivity contribution in [2.45, 2.75) is 56.7 Å². The van der Waals surface area contributed by atoms with E-state index in [1.807, 2.05) is 6.92 Å². The van der Waals surface area contributed by atoms with Gasteiger partial charge in [0.05, 0.1) is 6.10 Å². The van der Waals surface area contributed by atoms with Gasteiger partial charge in [0, 0.05) is 30.4 Å². The molecule has 2 atom stereocenters. The normalized spacial score (nSPS) is 29.7. The third-order valence-electron chi connectivity index (χ3n) is 4.45. The van der Waals surface area contributed by atoms with Crippen LogP contribution in [0.3, 0.4) is 0 Å². The average Bonchev–Trinajstić information content (AvgIpc) is 2.82. The second-order valence-corrected chi connectivity index (χ2v) is 6.58. The Morgan fingerprint density at radius 1 is 1.32 bits per heavy atom. The molecule has 0 aromatic heterocycles. The minimum absolute atomic E-state index is 0.0584. The first-order valence-electron chi connectivity index (χ1n) is 7.03. The van der Waals surface area contributed by atoms with E-state index in [9.17, 15) is 13.2 Å². The highest BCUT2D eigenvalue weighted by atomic mass is 32.2. The highest BCUT2D eigenvalue weighted by Gasteiger charge is 2.56. The van der Waals surface area contributed by atoms with E-state index in [-0.39, 0.29) is 22.9 Å². The van der Waals surface area contributed by atoms with Gasteiger partial charge in [0.2, 0.25) is 0 Å². The predicted molar refractivity (Wildman–Crippen MR) is 71.2 cm³/mol. The van der Waals surface area contributed by atoms with Gasteiger partial charge in [0.1, 0.15) is 0 Å². The highest BCUT2D eigenvalue weighted by Crippen LogP contribution is 2.54. The summed E-state index contributed by atoms with van der Waals surface area (Å²) in [6.07, 6.45) is 6.01. The monoisotopic (exact) mass is 297 g/mol. The van der Waals surface area contributed by atoms with Gasteiger partial charge in [-0.15, -0.1) is 0 Å². The molecule has 2 aliphatic carbocycles. The Bertz CT molecular complexity index is 292. The van der Waals surface area contributed by atoms with E-state index in [1.165, 1.54) is 12.8 Å². The average molecular weight is 297 g/mol. The Kier molecular flexibility index (Phi) is 5.06. The fraction of sp³-hybridized carbons (Fsp3) is 1.00. The van der Waals surface area contributed by atoms with Crippen molar-refractivity contribution in [3.05, 3.63) is 0 Å². The molecule has 2 rings (SSSR count). The summed E-state index contributed by atoms with van der Waals surface area (Å²) in [5.41, 5.74) is -3.90. The van der Waals surface area contributed by atoms with Crippen molar-refractivity contribution < 1.29 is 17.9 Å². The maximum atomic E-state index is 12.0. The Morgan fingerprint density at radius 3 is 2.58 bits per heavy atom. The van der Waals surface area contributed by atoms with Gasteiger partial charge in [-0.05, 0) is 37.9 Å². The van der Waals surface area contributed by atoms with Crippen molar-refractivity contribution >= 4 is 11.8 Å². The lowest BCUT2D eigenvalue weighted by atomic mass is 9.60. The smallest absolute Gasteiger partial charge is 0.378 e. The summed E-state index contributed by atoms with van der Waals surface area (Å²) in [5, 5.41) is 3.31. The number of hydrogen-bond acceptors (Lipinski definition) is 3. The van der Waals surface area contributed by atoms with E-state index in [1.54, 1.807) is 0 Å². The van der Waals surface area contributed by atoms with Gasteiger partial charge in [-0.25, -0.2) is 0 Å². The number of nitrogens with one attached hydrogen (secondary N) is 1. The van der Waals surface area contributed by atoms with E-state index < -0.39 is 5.51 Å². The summed E-state index contributed by atoms with van der Waals surface area (Å²) < 4.78 is 41.9. The molecule has 6 heteroatoms. The van der Waals surface area contributed by atoms with E-state index >= 15 is 0 Å². The van der Waals surface area contributed by atoms with Crippen molar-refractivity contribution in [3.8, 4) is 0 Å². The number of alkyl halides is 3. The predicted octanol–water partition coefficient (Wildman–Crippen LogP) is 3.57. The number of ether oxygens (including phenoxy) is 1. The third-order valence-corrected chi connectivity index (χ3v) is 5.18. The van der Waals surface area contributed by atoms with Gasteiger partial charge in [-0.2, -0.15) is 13.2 Å². The molecule has 19 heavy (non-hydrogen) atoms. The molecule has 2 fully saturated rings. The molecule has 0 aliphatic heterocycles. The molecule has 2 nitrogen and oxygen atoms in total. The van der Waals surface area contributed by atoms with E-state index in [4.69, 9.17) is 4.74 Å². The Morgan fingerprint density at radius 2 is 2.00 bits per heavy atom. The summed E-state index contributed by atoms with van der Waals surface area (Å²) >= 11 is 0.0584. The molecule has 0 bridgehead atoms. The van der Waals surface area contributed by atoms with E-state index in [0.717, 1.165) is 25.9 Å². The number of hydrogen-bond donors (Lipinski definition) is 1. The molecule has 0 radical (unpaired) electrons. The molecule has 2 saturated carbocycles. The van der Waals surface area contributed by atoms with Crippen LogP contribution in [-0.2, 0) is 4.74 Å². The minimum Gasteiger partial charge on any atom is -0.378 e. The molecule has 1 N–H and O–H groups in total. The van der Waals surface area contributed by atoms with Crippen LogP contribution >= 0.6 is 11.8 Å². The summed E-state index contributed by atoms with van der Waals surface area (Å²) in [4.78, 5) is 0. The number of thioether (sulfide) groups is 1. The SMILES string of the molecule is CCOC1CC(NCCSC(F)(F)F)C12CCCC2. The molecular formula is C13H22F3NOS. The number of rotatable bonds is 6. The van der Waals surface area contributed by atoms with Crippen LogP contribution in [0.2, 0.25) is 0 Å². The van der Waals surface area contributed by atoms with Crippen LogP contribution in [0.5, 0.6) is 0 Å². The van der Waals surface area contributed by atoms with Crippen molar-refractivity contribution in [3.63, 3.8) is 0 Å². The maximum absolute atomic E-state index is 12.0. The topological polar surface area (TPSA) is 21.3 Å². The zero-order valence-corrected chi connectivity index (χ0v) is 12.1. The molecule has 0 aromatic carbocycles. The highest BCUT2D eigenvalue weighted by molar-refractivity contribution is 8.00. The first-order chi connectivity index (χ1) is 8.98. The van der Waals surface area contributed by atoms with E-state index in [2.05, 4.69) is 5.32 Å². The van der Waals surface area contributed by atoms with Gasteiger partial charge >= 0.3 is 5.51 Å². The van der Waals surface area contributed by atoms with Crippen LogP contribution in [0.4, 0.5) is 13.2 Å². The third kappa shape index (κ3) is 3.58. The molecule has 0 saturated heterocycles. The molecule has 112 valence electrons. The molecule has 2 aliphatic rings. The molecule has 1 spiro atoms. The lowest BCUT2D eigenvalue weighted by Gasteiger charge is -2.54. The second kappa shape index (κ2) is 6.22. The first-order valence-corrected chi connectivity index (χ1v) is 8.02. The van der Waals surface area contributed by atoms with Crippen LogP contribution in [0.25, 0.3) is 0 Å². The lowest BCUT2D eigenvalue weighted by molar-refractivity contribution is -0.129. The van der Waals surface area contributed by atoms with Crippen LogP contribution in [-0.4, -0.2) is 36.6 Å². The van der Waals surface area contributed by atoms with Crippen LogP contribution in [0, 0.1) is 5.41 Å². The van der Waals surface area contributed by atoms with Crippen molar-refractivity contribution in [2.75, 3.05) is 18.9 Å². The van der Waals surface area contributed by atoms with Crippen LogP contribution in [0.15, 0.2) is 0 Å². The molecule has 0 aromatic rings. The summed E-state index contributed by atoms with van der Waals surface area (Å²) in [6, 6.07) is 0.348. The lowest BCUT2D eigenvalue weighted by Crippen LogP contribution is -2.63. The minimum atomic E-state index is -4.11. The molecule has 0 heterocycles. The molecular weight excluding hydrogens is 275 g/mol. The molecule has 2 unspecified atom stereocenters. The fourth-order valence-corrected chi connectivity index (χ4v) is 4.02. The van der Waals surface area contributed by atoms with Gasteiger partial charge in [0.25, 0.3) is 0 Å². The Hall–Kier alpha value is 0.0600. The summed E-state index contributed by atoms with van der Waals surface area (Å²) in [5.74, 6) is 0.0926. The number of halogens is 3. The quantitative estimate of drug-likeness (QED) is 0.757. The van der Waals surface area contributed by atoms with E-state index in [0.29, 0.717) is 18.7 Å². The zero-order valence-electron chi connectivity index (χ0n) is 11.3. The van der Waals surface area contributed by atoms with Gasteiger partial charge in [-0.1, -0.05) is 12.8 Å². The summed E-state index contributed by atoms with van der Waals surface area (Å²) in [7, 11) is 0. The fourth-order valence-electron chi connectivity index (χ4n) is 3.57. The second-order valence-electron chi connectivity index (χ2n) is 5.42. The maximum Gasteiger partial charge on any atom is 0.441 e. The van der Waals surface area contributed by atoms with Gasteiger partial charge in [-0.3, -0.25) is 0 Å². The van der Waals surface area contributed by atoms with Gasteiger partial charge < -0.3 is 10.1 Å². The standard InChI is InChI=1S/C13H22F3NOS/c1-2-18-11-9-10(12(11)5-3-4-6-12)17-7-8-19-13(14,15)16/h10-11,17H,2-9H2,1H3. The Labute approximate surface area is 116 Å². The zero-order chi connectivity index (χ0) is 13.9.